The number of aliphatic imine (C=N–C) groups is 1. The van der Waals surface area contributed by atoms with E-state index in [2.05, 4.69) is 62.2 Å². The summed E-state index contributed by atoms with van der Waals surface area (Å²) in [6, 6.07) is 17.9. The maximum Gasteiger partial charge on any atom is 0.269 e. The molecule has 1 amide bonds. The Balaban J connectivity index is 1.46. The van der Waals surface area contributed by atoms with E-state index in [-0.39, 0.29) is 18.2 Å². The van der Waals surface area contributed by atoms with Gasteiger partial charge in [0.25, 0.3) is 11.6 Å². The Hall–Kier alpha value is -3.35. The Labute approximate surface area is 261 Å². The number of H-pyrrole nitrogens is 1. The van der Waals surface area contributed by atoms with Crippen LogP contribution in [0.25, 0.3) is 17.0 Å². The lowest BCUT2D eigenvalue weighted by atomic mass is 10.1. The molecule has 200 valence electrons. The summed E-state index contributed by atoms with van der Waals surface area (Å²) >= 11 is 5.67. The standard InChI is InChI=1S/C29H20I2N4O4S/c1-2-13-39-27-23(30)14-18(15-24(27)31)16-26-28(36)34(12-11-19-17-32-25-6-4-3-5-22(19)25)29(40-26)33-20-7-9-21(10-8-20)35(37)38/h1,3-10,14-17,32H,11-13H2/b26-16-,33-29?. The van der Waals surface area contributed by atoms with Crippen molar-refractivity contribution >= 4 is 96.4 Å². The number of terminal acetylenes is 1. The number of benzene rings is 3. The summed E-state index contributed by atoms with van der Waals surface area (Å²) in [5.41, 5.74) is 3.50. The van der Waals surface area contributed by atoms with Gasteiger partial charge in [-0.15, -0.1) is 6.42 Å². The van der Waals surface area contributed by atoms with Gasteiger partial charge in [0.15, 0.2) is 5.17 Å². The fourth-order valence-electron chi connectivity index (χ4n) is 4.18. The molecule has 1 N–H and O–H groups in total. The Morgan fingerprint density at radius 2 is 1.88 bits per heavy atom. The van der Waals surface area contributed by atoms with Crippen LogP contribution in [0.2, 0.25) is 0 Å². The molecular weight excluding hydrogens is 754 g/mol. The molecule has 1 aliphatic rings. The van der Waals surface area contributed by atoms with Crippen molar-refractivity contribution in [2.75, 3.05) is 13.2 Å². The number of amides is 1. The minimum absolute atomic E-state index is 0.0187. The molecular formula is C29H20I2N4O4S. The number of nitrogens with one attached hydrogen (secondary N) is 1. The number of para-hydroxylation sites is 1. The number of rotatable bonds is 8. The van der Waals surface area contributed by atoms with E-state index >= 15 is 0 Å². The van der Waals surface area contributed by atoms with Gasteiger partial charge in [-0.3, -0.25) is 19.8 Å². The zero-order valence-corrected chi connectivity index (χ0v) is 25.9. The van der Waals surface area contributed by atoms with E-state index in [4.69, 9.17) is 16.2 Å². The molecule has 1 aliphatic heterocycles. The van der Waals surface area contributed by atoms with Crippen LogP contribution in [-0.2, 0) is 11.2 Å². The molecule has 0 radical (unpaired) electrons. The molecule has 0 unspecified atom stereocenters. The summed E-state index contributed by atoms with van der Waals surface area (Å²) in [4.78, 5) is 34.5. The summed E-state index contributed by atoms with van der Waals surface area (Å²) in [6.07, 6.45) is 9.78. The van der Waals surface area contributed by atoms with E-state index in [9.17, 15) is 14.9 Å². The van der Waals surface area contributed by atoms with Crippen molar-refractivity contribution in [2.45, 2.75) is 6.42 Å². The maximum absolute atomic E-state index is 13.7. The first-order valence-electron chi connectivity index (χ1n) is 12.0. The molecule has 40 heavy (non-hydrogen) atoms. The topological polar surface area (TPSA) is 101 Å². The minimum Gasteiger partial charge on any atom is -0.479 e. The molecule has 1 aromatic heterocycles. The van der Waals surface area contributed by atoms with Crippen molar-refractivity contribution in [3.8, 4) is 18.1 Å². The van der Waals surface area contributed by atoms with Gasteiger partial charge >= 0.3 is 0 Å². The molecule has 1 saturated heterocycles. The fraction of sp³-hybridized carbons (Fsp3) is 0.103. The van der Waals surface area contributed by atoms with Gasteiger partial charge in [-0.25, -0.2) is 4.99 Å². The molecule has 4 aromatic rings. The first kappa shape index (κ1) is 28.2. The predicted molar refractivity (Wildman–Crippen MR) is 176 cm³/mol. The number of halogens is 2. The van der Waals surface area contributed by atoms with Crippen LogP contribution in [0.4, 0.5) is 11.4 Å². The van der Waals surface area contributed by atoms with Gasteiger partial charge in [0.1, 0.15) is 12.4 Å². The maximum atomic E-state index is 13.7. The van der Waals surface area contributed by atoms with Gasteiger partial charge in [0, 0.05) is 35.8 Å². The number of thioether (sulfide) groups is 1. The van der Waals surface area contributed by atoms with Crippen molar-refractivity contribution in [1.29, 1.82) is 0 Å². The number of carbonyl (C=O) groups is 1. The zero-order chi connectivity index (χ0) is 28.2. The summed E-state index contributed by atoms with van der Waals surface area (Å²) in [5, 5.41) is 12.7. The van der Waals surface area contributed by atoms with E-state index in [0.717, 1.165) is 29.2 Å². The molecule has 0 spiro atoms. The van der Waals surface area contributed by atoms with Gasteiger partial charge < -0.3 is 9.72 Å². The monoisotopic (exact) mass is 774 g/mol. The molecule has 11 heteroatoms. The normalized spacial score (nSPS) is 15.2. The van der Waals surface area contributed by atoms with Crippen molar-refractivity contribution in [3.05, 3.63) is 100 Å². The second-order valence-corrected chi connectivity index (χ2v) is 12.0. The number of amidine groups is 1. The number of aromatic amines is 1. The van der Waals surface area contributed by atoms with Crippen LogP contribution >= 0.6 is 56.9 Å². The van der Waals surface area contributed by atoms with Crippen molar-refractivity contribution < 1.29 is 14.5 Å². The van der Waals surface area contributed by atoms with Crippen molar-refractivity contribution in [1.82, 2.24) is 9.88 Å². The van der Waals surface area contributed by atoms with Crippen LogP contribution in [0.3, 0.4) is 0 Å². The highest BCUT2D eigenvalue weighted by atomic mass is 127. The van der Waals surface area contributed by atoms with Crippen molar-refractivity contribution in [3.63, 3.8) is 0 Å². The van der Waals surface area contributed by atoms with Gasteiger partial charge in [0.05, 0.1) is 22.7 Å². The number of non-ortho nitro benzene ring substituents is 1. The van der Waals surface area contributed by atoms with Crippen LogP contribution in [0.15, 0.2) is 76.8 Å². The number of hydrogen-bond donors (Lipinski definition) is 1. The van der Waals surface area contributed by atoms with Crippen LogP contribution < -0.4 is 4.74 Å². The van der Waals surface area contributed by atoms with Gasteiger partial charge in [-0.1, -0.05) is 24.1 Å². The first-order chi connectivity index (χ1) is 19.3. The summed E-state index contributed by atoms with van der Waals surface area (Å²) in [7, 11) is 0. The summed E-state index contributed by atoms with van der Waals surface area (Å²) < 4.78 is 7.44. The summed E-state index contributed by atoms with van der Waals surface area (Å²) in [6.45, 7) is 0.597. The van der Waals surface area contributed by atoms with Crippen LogP contribution in [0.5, 0.6) is 5.75 Å². The quantitative estimate of drug-likeness (QED) is 0.0675. The predicted octanol–water partition coefficient (Wildman–Crippen LogP) is 7.14. The number of fused-ring (bicyclic) bond motifs is 1. The number of aromatic nitrogens is 1. The first-order valence-corrected chi connectivity index (χ1v) is 15.0. The lowest BCUT2D eigenvalue weighted by molar-refractivity contribution is -0.384. The third kappa shape index (κ3) is 6.18. The van der Waals surface area contributed by atoms with Crippen molar-refractivity contribution in [2.24, 2.45) is 4.99 Å². The lowest BCUT2D eigenvalue weighted by Crippen LogP contribution is -2.31. The van der Waals surface area contributed by atoms with E-state index in [1.807, 2.05) is 42.6 Å². The number of nitro benzene ring substituents is 1. The number of nitrogens with zero attached hydrogens (tertiary/aromatic N) is 3. The van der Waals surface area contributed by atoms with Gasteiger partial charge in [-0.2, -0.15) is 0 Å². The van der Waals surface area contributed by atoms with E-state index in [1.165, 1.54) is 23.9 Å². The second-order valence-electron chi connectivity index (χ2n) is 8.65. The van der Waals surface area contributed by atoms with Gasteiger partial charge in [-0.05, 0) is 111 Å². The number of carbonyl (C=O) groups excluding carboxylic acids is 1. The molecule has 8 nitrogen and oxygen atoms in total. The largest absolute Gasteiger partial charge is 0.479 e. The van der Waals surface area contributed by atoms with Crippen LogP contribution in [-0.4, -0.2) is 39.0 Å². The highest BCUT2D eigenvalue weighted by molar-refractivity contribution is 14.1. The Morgan fingerprint density at radius 1 is 1.15 bits per heavy atom. The van der Waals surface area contributed by atoms with E-state index in [1.54, 1.807) is 17.0 Å². The second kappa shape index (κ2) is 12.4. The van der Waals surface area contributed by atoms with Gasteiger partial charge in [0.2, 0.25) is 0 Å². The fourth-order valence-corrected chi connectivity index (χ4v) is 7.34. The van der Waals surface area contributed by atoms with E-state index < -0.39 is 4.92 Å². The Kier molecular flexibility index (Phi) is 8.77. The van der Waals surface area contributed by atoms with E-state index in [0.29, 0.717) is 34.5 Å². The Bertz CT molecular complexity index is 1700. The third-order valence-corrected chi connectivity index (χ3v) is 8.68. The molecule has 0 atom stereocenters. The number of hydrogen-bond acceptors (Lipinski definition) is 6. The molecule has 1 fully saturated rings. The van der Waals surface area contributed by atoms with Crippen LogP contribution in [0, 0.1) is 29.6 Å². The third-order valence-electron chi connectivity index (χ3n) is 6.07. The molecule has 0 aliphatic carbocycles. The molecule has 2 heterocycles. The zero-order valence-electron chi connectivity index (χ0n) is 20.8. The molecule has 0 bridgehead atoms. The lowest BCUT2D eigenvalue weighted by Gasteiger charge is -2.15. The SMILES string of the molecule is C#CCOc1c(I)cc(/C=C2\SC(=Nc3ccc([N+](=O)[O-])cc3)N(CCc3c[nH]c4ccccc34)C2=O)cc1I. The van der Waals surface area contributed by atoms with Crippen LogP contribution in [0.1, 0.15) is 11.1 Å². The molecule has 3 aromatic carbocycles. The minimum atomic E-state index is -0.454. The number of ether oxygens (including phenoxy) is 1. The smallest absolute Gasteiger partial charge is 0.269 e. The average molecular weight is 774 g/mol. The summed E-state index contributed by atoms with van der Waals surface area (Å²) in [5.74, 6) is 3.04. The Morgan fingerprint density at radius 3 is 2.58 bits per heavy atom. The highest BCUT2D eigenvalue weighted by Crippen LogP contribution is 2.36. The molecule has 5 rings (SSSR count). The highest BCUT2D eigenvalue weighted by Gasteiger charge is 2.33. The number of nitro groups is 1. The molecule has 0 saturated carbocycles. The average Bonchev–Trinajstić information content (AvgIpc) is 3.47.